The maximum Gasteiger partial charge on any atom is 0.115 e. The molecule has 2 rings (SSSR count). The highest BCUT2D eigenvalue weighted by molar-refractivity contribution is 5.29. The lowest BCUT2D eigenvalue weighted by molar-refractivity contribution is 0.0696. The molecule has 0 spiro atoms. The highest BCUT2D eigenvalue weighted by atomic mass is 16.5. The van der Waals surface area contributed by atoms with Crippen LogP contribution in [0.25, 0.3) is 0 Å². The van der Waals surface area contributed by atoms with E-state index in [9.17, 15) is 0 Å². The highest BCUT2D eigenvalue weighted by Crippen LogP contribution is 2.27. The van der Waals surface area contributed by atoms with Crippen LogP contribution in [0.4, 0.5) is 0 Å². The number of ether oxygens (including phenoxy) is 1. The summed E-state index contributed by atoms with van der Waals surface area (Å²) in [4.78, 5) is 0. The largest absolute Gasteiger partial charge is 0.508 e. The summed E-state index contributed by atoms with van der Waals surface area (Å²) in [6.45, 7) is 1.41. The van der Waals surface area contributed by atoms with Gasteiger partial charge in [-0.25, -0.2) is 0 Å². The van der Waals surface area contributed by atoms with Crippen LogP contribution in [-0.2, 0) is 4.74 Å². The van der Waals surface area contributed by atoms with Crippen molar-refractivity contribution in [2.45, 2.75) is 18.4 Å². The summed E-state index contributed by atoms with van der Waals surface area (Å²) in [5, 5.41) is 9.16. The first-order valence-electron chi connectivity index (χ1n) is 4.89. The second kappa shape index (κ2) is 3.98. The topological polar surface area (TPSA) is 55.5 Å². The Bertz CT molecular complexity index is 297. The Morgan fingerprint density at radius 3 is 2.64 bits per heavy atom. The number of nitrogens with two attached hydrogens (primary N) is 1. The molecule has 3 N–H and O–H groups in total. The van der Waals surface area contributed by atoms with E-state index in [0.29, 0.717) is 18.3 Å². The molecule has 3 heteroatoms. The Labute approximate surface area is 83.5 Å². The molecule has 1 fully saturated rings. The second-order valence-corrected chi connectivity index (χ2v) is 3.73. The molecule has 1 heterocycles. The van der Waals surface area contributed by atoms with E-state index in [2.05, 4.69) is 0 Å². The summed E-state index contributed by atoms with van der Waals surface area (Å²) in [5.41, 5.74) is 7.15. The van der Waals surface area contributed by atoms with Gasteiger partial charge < -0.3 is 15.6 Å². The molecule has 1 saturated heterocycles. The van der Waals surface area contributed by atoms with E-state index in [4.69, 9.17) is 15.6 Å². The van der Waals surface area contributed by atoms with Gasteiger partial charge in [-0.2, -0.15) is 0 Å². The van der Waals surface area contributed by atoms with Crippen molar-refractivity contribution in [2.75, 3.05) is 13.2 Å². The summed E-state index contributed by atoms with van der Waals surface area (Å²) >= 11 is 0. The van der Waals surface area contributed by atoms with Crippen molar-refractivity contribution in [3.8, 4) is 5.75 Å². The van der Waals surface area contributed by atoms with E-state index in [0.717, 1.165) is 13.0 Å². The number of phenolic OH excluding ortho intramolecular Hbond substituents is 1. The fourth-order valence-electron chi connectivity index (χ4n) is 1.90. The minimum Gasteiger partial charge on any atom is -0.508 e. The average molecular weight is 193 g/mol. The van der Waals surface area contributed by atoms with Gasteiger partial charge in [-0.15, -0.1) is 0 Å². The van der Waals surface area contributed by atoms with Gasteiger partial charge in [0.1, 0.15) is 5.75 Å². The molecule has 0 saturated carbocycles. The minimum absolute atomic E-state index is 0.0771. The molecule has 1 aliphatic rings. The van der Waals surface area contributed by atoms with E-state index in [1.165, 1.54) is 5.56 Å². The summed E-state index contributed by atoms with van der Waals surface area (Å²) in [6, 6.07) is 7.36. The first-order valence-corrected chi connectivity index (χ1v) is 4.89. The van der Waals surface area contributed by atoms with Crippen molar-refractivity contribution in [1.29, 1.82) is 0 Å². The molecule has 0 unspecified atom stereocenters. The number of hydrogen-bond donors (Lipinski definition) is 2. The predicted octanol–water partition coefficient (Wildman–Crippen LogP) is 1.22. The number of benzene rings is 1. The van der Waals surface area contributed by atoms with Gasteiger partial charge in [0, 0.05) is 18.6 Å². The lowest BCUT2D eigenvalue weighted by Crippen LogP contribution is -2.37. The number of hydrogen-bond acceptors (Lipinski definition) is 3. The Morgan fingerprint density at radius 2 is 2.00 bits per heavy atom. The SMILES string of the molecule is N[C@@H]1COCC[C@H]1c1ccc(O)cc1. The van der Waals surface area contributed by atoms with E-state index in [-0.39, 0.29) is 6.04 Å². The number of rotatable bonds is 1. The molecule has 0 radical (unpaired) electrons. The standard InChI is InChI=1S/C11H15NO2/c12-11-7-14-6-5-10(11)8-1-3-9(13)4-2-8/h1-4,10-11,13H,5-7,12H2/t10-,11+/m0/s1. The first-order chi connectivity index (χ1) is 6.77. The van der Waals surface area contributed by atoms with Gasteiger partial charge in [0.2, 0.25) is 0 Å². The van der Waals surface area contributed by atoms with Crippen LogP contribution in [0.5, 0.6) is 5.75 Å². The Balaban J connectivity index is 2.16. The molecule has 3 nitrogen and oxygen atoms in total. The molecule has 14 heavy (non-hydrogen) atoms. The van der Waals surface area contributed by atoms with Crippen LogP contribution >= 0.6 is 0 Å². The average Bonchev–Trinajstić information content (AvgIpc) is 2.20. The normalized spacial score (nSPS) is 27.5. The fourth-order valence-corrected chi connectivity index (χ4v) is 1.90. The lowest BCUT2D eigenvalue weighted by atomic mass is 9.88. The van der Waals surface area contributed by atoms with Crippen LogP contribution in [0, 0.1) is 0 Å². The molecular weight excluding hydrogens is 178 g/mol. The van der Waals surface area contributed by atoms with E-state index in [1.807, 2.05) is 12.1 Å². The summed E-state index contributed by atoms with van der Waals surface area (Å²) in [5.74, 6) is 0.665. The monoisotopic (exact) mass is 193 g/mol. The molecule has 1 aromatic carbocycles. The molecule has 1 aromatic rings. The molecule has 0 bridgehead atoms. The van der Waals surface area contributed by atoms with Gasteiger partial charge in [-0.3, -0.25) is 0 Å². The zero-order chi connectivity index (χ0) is 9.97. The Hall–Kier alpha value is -1.06. The Kier molecular flexibility index (Phi) is 2.70. The third-order valence-electron chi connectivity index (χ3n) is 2.72. The smallest absolute Gasteiger partial charge is 0.115 e. The number of phenols is 1. The van der Waals surface area contributed by atoms with Gasteiger partial charge >= 0.3 is 0 Å². The molecule has 0 amide bonds. The van der Waals surface area contributed by atoms with Crippen molar-refractivity contribution in [3.63, 3.8) is 0 Å². The zero-order valence-electron chi connectivity index (χ0n) is 8.02. The van der Waals surface area contributed by atoms with Gasteiger partial charge in [0.05, 0.1) is 6.61 Å². The van der Waals surface area contributed by atoms with Crippen LogP contribution in [0.2, 0.25) is 0 Å². The van der Waals surface area contributed by atoms with Crippen LogP contribution in [0.15, 0.2) is 24.3 Å². The van der Waals surface area contributed by atoms with Crippen molar-refractivity contribution in [3.05, 3.63) is 29.8 Å². The minimum atomic E-state index is 0.0771. The first kappa shape index (κ1) is 9.49. The molecule has 0 aliphatic carbocycles. The third kappa shape index (κ3) is 1.89. The maximum absolute atomic E-state index is 9.16. The van der Waals surface area contributed by atoms with Crippen LogP contribution in [-0.4, -0.2) is 24.4 Å². The highest BCUT2D eigenvalue weighted by Gasteiger charge is 2.23. The molecule has 1 aliphatic heterocycles. The van der Waals surface area contributed by atoms with E-state index >= 15 is 0 Å². The zero-order valence-corrected chi connectivity index (χ0v) is 8.02. The van der Waals surface area contributed by atoms with Crippen LogP contribution < -0.4 is 5.73 Å². The number of aromatic hydroxyl groups is 1. The van der Waals surface area contributed by atoms with Gasteiger partial charge in [-0.1, -0.05) is 12.1 Å². The molecule has 76 valence electrons. The van der Waals surface area contributed by atoms with Crippen LogP contribution in [0.3, 0.4) is 0 Å². The van der Waals surface area contributed by atoms with Gasteiger partial charge in [0.25, 0.3) is 0 Å². The van der Waals surface area contributed by atoms with Crippen molar-refractivity contribution in [2.24, 2.45) is 5.73 Å². The lowest BCUT2D eigenvalue weighted by Gasteiger charge is -2.28. The third-order valence-corrected chi connectivity index (χ3v) is 2.72. The summed E-state index contributed by atoms with van der Waals surface area (Å²) < 4.78 is 5.28. The van der Waals surface area contributed by atoms with Crippen molar-refractivity contribution >= 4 is 0 Å². The Morgan fingerprint density at radius 1 is 1.29 bits per heavy atom. The van der Waals surface area contributed by atoms with Crippen LogP contribution in [0.1, 0.15) is 17.9 Å². The quantitative estimate of drug-likeness (QED) is 0.705. The van der Waals surface area contributed by atoms with E-state index in [1.54, 1.807) is 12.1 Å². The molecule has 0 aromatic heterocycles. The van der Waals surface area contributed by atoms with Gasteiger partial charge in [-0.05, 0) is 24.1 Å². The van der Waals surface area contributed by atoms with Gasteiger partial charge in [0.15, 0.2) is 0 Å². The summed E-state index contributed by atoms with van der Waals surface area (Å²) in [6.07, 6.45) is 0.964. The molecule has 2 atom stereocenters. The second-order valence-electron chi connectivity index (χ2n) is 3.73. The fraction of sp³-hybridized carbons (Fsp3) is 0.455. The van der Waals surface area contributed by atoms with Crippen molar-refractivity contribution in [1.82, 2.24) is 0 Å². The predicted molar refractivity (Wildman–Crippen MR) is 54.3 cm³/mol. The summed E-state index contributed by atoms with van der Waals surface area (Å²) in [7, 11) is 0. The maximum atomic E-state index is 9.16. The molecular formula is C11H15NO2. The van der Waals surface area contributed by atoms with E-state index < -0.39 is 0 Å². The van der Waals surface area contributed by atoms with Crippen molar-refractivity contribution < 1.29 is 9.84 Å².